The molecule has 0 bridgehead atoms. The lowest BCUT2D eigenvalue weighted by molar-refractivity contribution is -0.131. The first-order chi connectivity index (χ1) is 8.91. The molecule has 0 radical (unpaired) electrons. The van der Waals surface area contributed by atoms with Crippen LogP contribution in [-0.4, -0.2) is 22.9 Å². The van der Waals surface area contributed by atoms with Gasteiger partial charge in [0.2, 0.25) is 5.91 Å². The van der Waals surface area contributed by atoms with E-state index in [4.69, 9.17) is 10.8 Å². The summed E-state index contributed by atoms with van der Waals surface area (Å²) in [5.74, 6) is 0.493. The number of carbonyl (C=O) groups excluding carboxylic acids is 2. The predicted octanol–water partition coefficient (Wildman–Crippen LogP) is 1.87. The molecule has 5 nitrogen and oxygen atoms in total. The molecule has 0 aromatic heterocycles. The Morgan fingerprint density at radius 1 is 1.26 bits per heavy atom. The number of allylic oxidation sites excluding steroid dienone is 4. The smallest absolute Gasteiger partial charge is 0.328 e. The molecule has 0 aromatic carbocycles. The van der Waals surface area contributed by atoms with Crippen molar-refractivity contribution in [2.45, 2.75) is 33.1 Å². The summed E-state index contributed by atoms with van der Waals surface area (Å²) in [6, 6.07) is 0. The van der Waals surface area contributed by atoms with E-state index in [1.165, 1.54) is 12.2 Å². The summed E-state index contributed by atoms with van der Waals surface area (Å²) in [4.78, 5) is 29.7. The standard InChI is InChI=1S/C10H12O3.C4H9NO/c11-9-7-5-3-1-2-4-6-8-10(12)13;1-3(2)4(5)6/h2,4,6-8H,1,3,5H2,(H,12,13);3H,1-2H3,(H2,5,6)/b4-2+,8-6+;. The molecule has 0 saturated carbocycles. The lowest BCUT2D eigenvalue weighted by Gasteiger charge is -1.90. The van der Waals surface area contributed by atoms with Gasteiger partial charge in [0.15, 0.2) is 0 Å². The van der Waals surface area contributed by atoms with Gasteiger partial charge in [-0.25, -0.2) is 9.59 Å². The van der Waals surface area contributed by atoms with Crippen LogP contribution < -0.4 is 5.73 Å². The number of hydrogen-bond donors (Lipinski definition) is 2. The Hall–Kier alpha value is -2.13. The number of aliphatic carboxylic acids is 1. The summed E-state index contributed by atoms with van der Waals surface area (Å²) >= 11 is 0. The normalized spacial score (nSPS) is 10.1. The third-order valence-corrected chi connectivity index (χ3v) is 1.86. The summed E-state index contributed by atoms with van der Waals surface area (Å²) in [6.07, 6.45) is 9.96. The van der Waals surface area contributed by atoms with Gasteiger partial charge in [0.25, 0.3) is 0 Å². The lowest BCUT2D eigenvalue weighted by Crippen LogP contribution is -2.17. The van der Waals surface area contributed by atoms with Crippen LogP contribution in [0.2, 0.25) is 0 Å². The fraction of sp³-hybridized carbons (Fsp3) is 0.429. The zero-order valence-electron chi connectivity index (χ0n) is 11.3. The highest BCUT2D eigenvalue weighted by Crippen LogP contribution is 1.96. The molecule has 3 N–H and O–H groups in total. The van der Waals surface area contributed by atoms with Crippen molar-refractivity contribution in [1.29, 1.82) is 0 Å². The quantitative estimate of drug-likeness (QED) is 0.318. The van der Waals surface area contributed by atoms with E-state index in [0.29, 0.717) is 0 Å². The highest BCUT2D eigenvalue weighted by Gasteiger charge is 1.96. The van der Waals surface area contributed by atoms with Crippen LogP contribution in [0.15, 0.2) is 30.4 Å². The molecule has 106 valence electrons. The molecule has 19 heavy (non-hydrogen) atoms. The predicted molar refractivity (Wildman–Crippen MR) is 74.1 cm³/mol. The van der Waals surface area contributed by atoms with E-state index < -0.39 is 5.97 Å². The summed E-state index contributed by atoms with van der Waals surface area (Å²) < 4.78 is 0. The van der Waals surface area contributed by atoms with Gasteiger partial charge in [-0.05, 0) is 25.3 Å². The van der Waals surface area contributed by atoms with Crippen LogP contribution in [-0.2, 0) is 14.4 Å². The number of hydrogen-bond acceptors (Lipinski definition) is 3. The molecule has 0 aliphatic heterocycles. The maximum Gasteiger partial charge on any atom is 0.328 e. The van der Waals surface area contributed by atoms with Gasteiger partial charge in [-0.2, -0.15) is 0 Å². The minimum atomic E-state index is -0.950. The van der Waals surface area contributed by atoms with E-state index in [2.05, 4.69) is 0 Å². The van der Waals surface area contributed by atoms with Gasteiger partial charge in [0, 0.05) is 12.0 Å². The van der Waals surface area contributed by atoms with Gasteiger partial charge in [-0.15, -0.1) is 0 Å². The minimum absolute atomic E-state index is 0.00926. The van der Waals surface area contributed by atoms with Crippen molar-refractivity contribution in [3.8, 4) is 0 Å². The van der Waals surface area contributed by atoms with Gasteiger partial charge in [-0.1, -0.05) is 32.1 Å². The topological polar surface area (TPSA) is 97.5 Å². The SMILES string of the molecule is CC(C)C(N)=O.O=C=CCCC/C=C/C=C/C(=O)O. The molecule has 0 atom stereocenters. The van der Waals surface area contributed by atoms with Gasteiger partial charge < -0.3 is 10.8 Å². The maximum atomic E-state index is 10.0. The second-order valence-corrected chi connectivity index (χ2v) is 3.94. The zero-order chi connectivity index (χ0) is 15.1. The number of nitrogens with two attached hydrogens (primary N) is 1. The summed E-state index contributed by atoms with van der Waals surface area (Å²) in [5.41, 5.74) is 4.80. The van der Waals surface area contributed by atoms with E-state index in [0.717, 1.165) is 25.3 Å². The van der Waals surface area contributed by atoms with Crippen LogP contribution in [0, 0.1) is 5.92 Å². The molecule has 0 aliphatic rings. The number of unbranched alkanes of at least 4 members (excludes halogenated alkanes) is 2. The van der Waals surface area contributed by atoms with Crippen molar-refractivity contribution in [2.24, 2.45) is 11.7 Å². The Kier molecular flexibility index (Phi) is 14.1. The van der Waals surface area contributed by atoms with Crippen LogP contribution in [0.3, 0.4) is 0 Å². The number of amides is 1. The van der Waals surface area contributed by atoms with Crippen LogP contribution in [0.25, 0.3) is 0 Å². The molecular formula is C14H21NO4. The Morgan fingerprint density at radius 2 is 1.84 bits per heavy atom. The largest absolute Gasteiger partial charge is 0.478 e. The number of rotatable bonds is 7. The molecule has 0 saturated heterocycles. The van der Waals surface area contributed by atoms with E-state index >= 15 is 0 Å². The van der Waals surface area contributed by atoms with Crippen molar-refractivity contribution in [2.75, 3.05) is 0 Å². The van der Waals surface area contributed by atoms with Crippen LogP contribution in [0.4, 0.5) is 0 Å². The zero-order valence-corrected chi connectivity index (χ0v) is 11.3. The van der Waals surface area contributed by atoms with Crippen LogP contribution in [0.5, 0.6) is 0 Å². The van der Waals surface area contributed by atoms with Crippen LogP contribution in [0.1, 0.15) is 33.1 Å². The second-order valence-electron chi connectivity index (χ2n) is 3.94. The Labute approximate surface area is 113 Å². The van der Waals surface area contributed by atoms with Gasteiger partial charge in [0.05, 0.1) is 0 Å². The Balaban J connectivity index is 0. The van der Waals surface area contributed by atoms with Gasteiger partial charge in [-0.3, -0.25) is 4.79 Å². The lowest BCUT2D eigenvalue weighted by atomic mass is 10.2. The first-order valence-electron chi connectivity index (χ1n) is 5.96. The highest BCUT2D eigenvalue weighted by atomic mass is 16.4. The third kappa shape index (κ3) is 21.7. The van der Waals surface area contributed by atoms with Gasteiger partial charge in [0.1, 0.15) is 5.94 Å². The average molecular weight is 267 g/mol. The van der Waals surface area contributed by atoms with E-state index in [9.17, 15) is 14.4 Å². The molecule has 0 unspecified atom stereocenters. The maximum absolute atomic E-state index is 10.0. The van der Waals surface area contributed by atoms with Crippen molar-refractivity contribution in [3.63, 3.8) is 0 Å². The number of primary amides is 1. The molecule has 0 heterocycles. The molecule has 0 aliphatic carbocycles. The summed E-state index contributed by atoms with van der Waals surface area (Å²) in [5, 5.41) is 8.22. The molecule has 0 rings (SSSR count). The third-order valence-electron chi connectivity index (χ3n) is 1.86. The monoisotopic (exact) mass is 267 g/mol. The molecule has 0 spiro atoms. The molecule has 1 amide bonds. The first kappa shape index (κ1) is 19.2. The molecule has 5 heteroatoms. The average Bonchev–Trinajstić information content (AvgIpc) is 2.33. The van der Waals surface area contributed by atoms with E-state index in [1.807, 2.05) is 6.08 Å². The first-order valence-corrected chi connectivity index (χ1v) is 5.96. The number of carboxylic acids is 1. The van der Waals surface area contributed by atoms with Crippen molar-refractivity contribution in [1.82, 2.24) is 0 Å². The van der Waals surface area contributed by atoms with E-state index in [1.54, 1.807) is 25.9 Å². The summed E-state index contributed by atoms with van der Waals surface area (Å²) in [6.45, 7) is 3.53. The minimum Gasteiger partial charge on any atom is -0.478 e. The number of carboxylic acid groups (broad SMARTS) is 1. The van der Waals surface area contributed by atoms with Gasteiger partial charge >= 0.3 is 5.97 Å². The fourth-order valence-electron chi connectivity index (χ4n) is 0.709. The Bertz CT molecular complexity index is 364. The molecular weight excluding hydrogens is 246 g/mol. The van der Waals surface area contributed by atoms with Crippen molar-refractivity contribution >= 4 is 17.8 Å². The second kappa shape index (κ2) is 13.9. The molecule has 0 aromatic rings. The molecule has 0 fully saturated rings. The fourth-order valence-corrected chi connectivity index (χ4v) is 0.709. The van der Waals surface area contributed by atoms with Crippen molar-refractivity contribution in [3.05, 3.63) is 30.4 Å². The number of carbonyl (C=O) groups is 2. The highest BCUT2D eigenvalue weighted by molar-refractivity contribution is 5.80. The van der Waals surface area contributed by atoms with Crippen molar-refractivity contribution < 1.29 is 19.5 Å². The van der Waals surface area contributed by atoms with Crippen LogP contribution >= 0.6 is 0 Å². The summed E-state index contributed by atoms with van der Waals surface area (Å²) in [7, 11) is 0. The van der Waals surface area contributed by atoms with E-state index in [-0.39, 0.29) is 11.8 Å². The Morgan fingerprint density at radius 3 is 2.26 bits per heavy atom.